The molecule has 0 aliphatic rings. The molecule has 7 heteroatoms. The summed E-state index contributed by atoms with van der Waals surface area (Å²) in [7, 11) is 0. The number of nitrogens with one attached hydrogen (secondary N) is 1. The zero-order valence-electron chi connectivity index (χ0n) is 13.7. The number of H-pyrrole nitrogens is 1. The number of carbonyl (C=O) groups is 2. The van der Waals surface area contributed by atoms with Crippen molar-refractivity contribution in [1.29, 1.82) is 0 Å². The second-order valence-electron chi connectivity index (χ2n) is 5.94. The molecule has 1 heterocycles. The third kappa shape index (κ3) is 4.49. The molecule has 6 nitrogen and oxygen atoms in total. The molecule has 24 heavy (non-hydrogen) atoms. The first-order valence-corrected chi connectivity index (χ1v) is 8.14. The van der Waals surface area contributed by atoms with E-state index in [1.807, 2.05) is 13.0 Å². The van der Waals surface area contributed by atoms with Gasteiger partial charge in [0.25, 0.3) is 0 Å². The van der Waals surface area contributed by atoms with Gasteiger partial charge in [-0.25, -0.2) is 9.59 Å². The molecular formula is C17H21ClN2O4. The van der Waals surface area contributed by atoms with Gasteiger partial charge in [0, 0.05) is 28.5 Å². The summed E-state index contributed by atoms with van der Waals surface area (Å²) in [4.78, 5) is 26.7. The molecule has 0 bridgehead atoms. The number of aromatic amines is 1. The van der Waals surface area contributed by atoms with Crippen LogP contribution in [0.5, 0.6) is 0 Å². The number of nitrogens with two attached hydrogens (primary N) is 1. The Bertz CT molecular complexity index is 739. The first kappa shape index (κ1) is 18.3. The Hall–Kier alpha value is -2.05. The highest BCUT2D eigenvalue weighted by atomic mass is 35.5. The van der Waals surface area contributed by atoms with Gasteiger partial charge in [0.1, 0.15) is 5.54 Å². The van der Waals surface area contributed by atoms with Gasteiger partial charge < -0.3 is 20.2 Å². The molecule has 0 fully saturated rings. The minimum absolute atomic E-state index is 0.204. The van der Waals surface area contributed by atoms with Gasteiger partial charge in [-0.3, -0.25) is 0 Å². The monoisotopic (exact) mass is 352 g/mol. The zero-order chi connectivity index (χ0) is 17.7. The second kappa shape index (κ2) is 7.68. The summed E-state index contributed by atoms with van der Waals surface area (Å²) >= 11 is 5.95. The molecule has 130 valence electrons. The van der Waals surface area contributed by atoms with Crippen molar-refractivity contribution < 1.29 is 19.1 Å². The van der Waals surface area contributed by atoms with Crippen LogP contribution < -0.4 is 5.73 Å². The molecule has 0 aliphatic heterocycles. The molecule has 1 aromatic heterocycles. The van der Waals surface area contributed by atoms with Crippen LogP contribution in [0.1, 0.15) is 32.3 Å². The molecule has 0 saturated heterocycles. The molecule has 0 radical (unpaired) electrons. The molecule has 1 atom stereocenters. The smallest absolute Gasteiger partial charge is 0.434 e. The summed E-state index contributed by atoms with van der Waals surface area (Å²) < 4.78 is 9.49. The van der Waals surface area contributed by atoms with Crippen LogP contribution in [-0.4, -0.2) is 29.3 Å². The molecular weight excluding hydrogens is 332 g/mol. The van der Waals surface area contributed by atoms with Crippen molar-refractivity contribution in [3.63, 3.8) is 0 Å². The maximum atomic E-state index is 12.1. The third-order valence-electron chi connectivity index (χ3n) is 3.65. The van der Waals surface area contributed by atoms with E-state index < -0.39 is 17.7 Å². The van der Waals surface area contributed by atoms with E-state index >= 15 is 0 Å². The fourth-order valence-electron chi connectivity index (χ4n) is 2.29. The largest absolute Gasteiger partial charge is 0.516 e. The Morgan fingerprint density at radius 3 is 2.83 bits per heavy atom. The van der Waals surface area contributed by atoms with Crippen LogP contribution in [0.15, 0.2) is 24.4 Å². The standard InChI is InChI=1S/C17H21ClN2O4/c1-3-4-7-23-16(22)24-15(21)17(2,19)9-11-10-20-14-8-12(18)5-6-13(11)14/h5-6,8,10,20H,3-4,7,9,19H2,1-2H3/t17-/m0/s1. The maximum absolute atomic E-state index is 12.1. The van der Waals surface area contributed by atoms with E-state index in [0.29, 0.717) is 11.4 Å². The van der Waals surface area contributed by atoms with Crippen molar-refractivity contribution in [2.75, 3.05) is 6.61 Å². The summed E-state index contributed by atoms with van der Waals surface area (Å²) in [5.74, 6) is -0.827. The Morgan fingerprint density at radius 1 is 1.38 bits per heavy atom. The number of fused-ring (bicyclic) bond motifs is 1. The highest BCUT2D eigenvalue weighted by Crippen LogP contribution is 2.25. The lowest BCUT2D eigenvalue weighted by atomic mass is 9.94. The lowest BCUT2D eigenvalue weighted by Gasteiger charge is -2.21. The van der Waals surface area contributed by atoms with E-state index in [2.05, 4.69) is 9.72 Å². The van der Waals surface area contributed by atoms with Crippen LogP contribution in [0, 0.1) is 0 Å². The number of unbranched alkanes of at least 4 members (excludes halogenated alkanes) is 1. The van der Waals surface area contributed by atoms with Crippen molar-refractivity contribution in [3.05, 3.63) is 35.0 Å². The predicted octanol–water partition coefficient (Wildman–Crippen LogP) is 3.56. The Labute approximate surface area is 145 Å². The maximum Gasteiger partial charge on any atom is 0.516 e. The summed E-state index contributed by atoms with van der Waals surface area (Å²) in [6.07, 6.45) is 2.53. The summed E-state index contributed by atoms with van der Waals surface area (Å²) in [5, 5.41) is 1.52. The highest BCUT2D eigenvalue weighted by Gasteiger charge is 2.33. The number of carbonyl (C=O) groups excluding carboxylic acids is 2. The fourth-order valence-corrected chi connectivity index (χ4v) is 2.47. The quantitative estimate of drug-likeness (QED) is 0.471. The number of hydrogen-bond acceptors (Lipinski definition) is 5. The Morgan fingerprint density at radius 2 is 2.12 bits per heavy atom. The second-order valence-corrected chi connectivity index (χ2v) is 6.38. The van der Waals surface area contributed by atoms with Crippen molar-refractivity contribution in [1.82, 2.24) is 4.98 Å². The molecule has 0 amide bonds. The summed E-state index contributed by atoms with van der Waals surface area (Å²) in [6, 6.07) is 5.40. The number of aromatic nitrogens is 1. The Balaban J connectivity index is 2.03. The van der Waals surface area contributed by atoms with Gasteiger partial charge in [-0.2, -0.15) is 0 Å². The Kier molecular flexibility index (Phi) is 5.85. The van der Waals surface area contributed by atoms with Crippen LogP contribution in [-0.2, 0) is 20.7 Å². The van der Waals surface area contributed by atoms with E-state index in [1.165, 1.54) is 6.92 Å². The average molecular weight is 353 g/mol. The molecule has 0 spiro atoms. The third-order valence-corrected chi connectivity index (χ3v) is 3.88. The van der Waals surface area contributed by atoms with Gasteiger partial charge in [-0.1, -0.05) is 31.0 Å². The van der Waals surface area contributed by atoms with Gasteiger partial charge in [0.2, 0.25) is 0 Å². The van der Waals surface area contributed by atoms with Gasteiger partial charge >= 0.3 is 12.1 Å². The van der Waals surface area contributed by atoms with Crippen LogP contribution in [0.3, 0.4) is 0 Å². The molecule has 0 aliphatic carbocycles. The number of benzene rings is 1. The first-order chi connectivity index (χ1) is 11.3. The van der Waals surface area contributed by atoms with E-state index in [0.717, 1.165) is 22.9 Å². The van der Waals surface area contributed by atoms with Crippen molar-refractivity contribution in [2.45, 2.75) is 38.6 Å². The number of esters is 1. The average Bonchev–Trinajstić information content (AvgIpc) is 2.89. The molecule has 0 saturated carbocycles. The van der Waals surface area contributed by atoms with E-state index in [-0.39, 0.29) is 13.0 Å². The van der Waals surface area contributed by atoms with Crippen LogP contribution >= 0.6 is 11.6 Å². The molecule has 2 aromatic rings. The highest BCUT2D eigenvalue weighted by molar-refractivity contribution is 6.31. The lowest BCUT2D eigenvalue weighted by molar-refractivity contribution is -0.145. The van der Waals surface area contributed by atoms with Crippen LogP contribution in [0.25, 0.3) is 10.9 Å². The van der Waals surface area contributed by atoms with Crippen molar-refractivity contribution in [3.8, 4) is 0 Å². The van der Waals surface area contributed by atoms with Crippen LogP contribution in [0.4, 0.5) is 4.79 Å². The number of halogens is 1. The molecule has 3 N–H and O–H groups in total. The molecule has 2 rings (SSSR count). The SMILES string of the molecule is CCCCOC(=O)OC(=O)[C@@](C)(N)Cc1c[nH]c2cc(Cl)ccc12. The summed E-state index contributed by atoms with van der Waals surface area (Å²) in [5.41, 5.74) is 6.37. The topological polar surface area (TPSA) is 94.4 Å². The fraction of sp³-hybridized carbons (Fsp3) is 0.412. The summed E-state index contributed by atoms with van der Waals surface area (Å²) in [6.45, 7) is 3.70. The zero-order valence-corrected chi connectivity index (χ0v) is 14.5. The van der Waals surface area contributed by atoms with Gasteiger partial charge in [0.15, 0.2) is 0 Å². The normalized spacial score (nSPS) is 13.5. The van der Waals surface area contributed by atoms with Crippen molar-refractivity contribution >= 4 is 34.6 Å². The number of hydrogen-bond donors (Lipinski definition) is 2. The van der Waals surface area contributed by atoms with Gasteiger partial charge in [-0.05, 0) is 31.0 Å². The molecule has 1 aromatic carbocycles. The van der Waals surface area contributed by atoms with E-state index in [4.69, 9.17) is 22.1 Å². The van der Waals surface area contributed by atoms with Crippen molar-refractivity contribution in [2.24, 2.45) is 5.73 Å². The van der Waals surface area contributed by atoms with Gasteiger partial charge in [0.05, 0.1) is 6.61 Å². The minimum Gasteiger partial charge on any atom is -0.434 e. The first-order valence-electron chi connectivity index (χ1n) is 7.77. The predicted molar refractivity (Wildman–Crippen MR) is 92.0 cm³/mol. The molecule has 0 unspecified atom stereocenters. The van der Waals surface area contributed by atoms with E-state index in [1.54, 1.807) is 18.3 Å². The lowest BCUT2D eigenvalue weighted by Crippen LogP contribution is -2.48. The number of rotatable bonds is 6. The van der Waals surface area contributed by atoms with Crippen LogP contribution in [0.2, 0.25) is 5.02 Å². The van der Waals surface area contributed by atoms with E-state index in [9.17, 15) is 9.59 Å². The van der Waals surface area contributed by atoms with Gasteiger partial charge in [-0.15, -0.1) is 0 Å². The number of ether oxygens (including phenoxy) is 2. The minimum atomic E-state index is -1.36.